The summed E-state index contributed by atoms with van der Waals surface area (Å²) in [7, 11) is 0. The van der Waals surface area contributed by atoms with Gasteiger partial charge in [0.2, 0.25) is 5.91 Å². The maximum atomic E-state index is 14.3. The second-order valence-electron chi connectivity index (χ2n) is 7.22. The fraction of sp³-hybridized carbons (Fsp3) is 0.286. The van der Waals surface area contributed by atoms with Crippen molar-refractivity contribution in [1.82, 2.24) is 19.9 Å². The number of carbonyl (C=O) groups is 1. The highest BCUT2D eigenvalue weighted by atomic mass is 19.1. The zero-order valence-electron chi connectivity index (χ0n) is 15.1. The third kappa shape index (κ3) is 3.02. The fourth-order valence-corrected chi connectivity index (χ4v) is 3.86. The molecule has 6 nitrogen and oxygen atoms in total. The van der Waals surface area contributed by atoms with Gasteiger partial charge in [0.1, 0.15) is 5.82 Å². The van der Waals surface area contributed by atoms with E-state index in [-0.39, 0.29) is 11.7 Å². The first-order valence-corrected chi connectivity index (χ1v) is 9.40. The lowest BCUT2D eigenvalue weighted by Gasteiger charge is -2.17. The Morgan fingerprint density at radius 2 is 1.68 bits per heavy atom. The van der Waals surface area contributed by atoms with E-state index in [1.165, 1.54) is 6.07 Å². The van der Waals surface area contributed by atoms with Crippen LogP contribution in [0.3, 0.4) is 0 Å². The van der Waals surface area contributed by atoms with Gasteiger partial charge >= 0.3 is 0 Å². The van der Waals surface area contributed by atoms with Gasteiger partial charge in [-0.25, -0.2) is 24.3 Å². The van der Waals surface area contributed by atoms with E-state index in [1.54, 1.807) is 23.4 Å². The molecule has 2 fully saturated rings. The van der Waals surface area contributed by atoms with Crippen molar-refractivity contribution in [2.75, 3.05) is 11.4 Å². The average Bonchev–Trinajstić information content (AvgIpc) is 3.43. The monoisotopic (exact) mass is 375 g/mol. The van der Waals surface area contributed by atoms with E-state index in [0.29, 0.717) is 42.1 Å². The van der Waals surface area contributed by atoms with Gasteiger partial charge in [-0.3, -0.25) is 4.79 Å². The maximum Gasteiger partial charge on any atom is 0.227 e. The zero-order chi connectivity index (χ0) is 19.1. The van der Waals surface area contributed by atoms with E-state index in [0.717, 1.165) is 24.0 Å². The molecule has 0 spiro atoms. The molecule has 0 radical (unpaired) electrons. The summed E-state index contributed by atoms with van der Waals surface area (Å²) >= 11 is 0. The molecule has 28 heavy (non-hydrogen) atoms. The molecule has 0 unspecified atom stereocenters. The van der Waals surface area contributed by atoms with Crippen molar-refractivity contribution in [3.63, 3.8) is 0 Å². The lowest BCUT2D eigenvalue weighted by Crippen LogP contribution is -2.24. The van der Waals surface area contributed by atoms with E-state index in [9.17, 15) is 9.18 Å². The van der Waals surface area contributed by atoms with Crippen LogP contribution >= 0.6 is 0 Å². The molecule has 1 saturated heterocycles. The van der Waals surface area contributed by atoms with Crippen molar-refractivity contribution in [2.45, 2.75) is 31.1 Å². The second kappa shape index (κ2) is 6.74. The van der Waals surface area contributed by atoms with Crippen LogP contribution in [0.5, 0.6) is 0 Å². The zero-order valence-corrected chi connectivity index (χ0v) is 15.1. The molecule has 1 aliphatic carbocycles. The van der Waals surface area contributed by atoms with E-state index in [1.807, 2.05) is 24.5 Å². The number of halogens is 1. The van der Waals surface area contributed by atoms with E-state index in [2.05, 4.69) is 19.9 Å². The molecule has 3 heterocycles. The fourth-order valence-electron chi connectivity index (χ4n) is 3.86. The van der Waals surface area contributed by atoms with Gasteiger partial charge < -0.3 is 4.90 Å². The Bertz CT molecular complexity index is 1020. The number of nitrogens with zero attached hydrogens (tertiary/aromatic N) is 5. The van der Waals surface area contributed by atoms with Crippen LogP contribution in [-0.2, 0) is 4.79 Å². The summed E-state index contributed by atoms with van der Waals surface area (Å²) in [4.78, 5) is 30.7. The van der Waals surface area contributed by atoms with Gasteiger partial charge in [-0.05, 0) is 54.0 Å². The highest BCUT2D eigenvalue weighted by Crippen LogP contribution is 2.55. The van der Waals surface area contributed by atoms with Crippen molar-refractivity contribution in [3.05, 3.63) is 66.0 Å². The van der Waals surface area contributed by atoms with Crippen molar-refractivity contribution in [1.29, 1.82) is 0 Å². The molecule has 0 bridgehead atoms. The van der Waals surface area contributed by atoms with Crippen LogP contribution in [0.15, 0.2) is 49.1 Å². The van der Waals surface area contributed by atoms with Gasteiger partial charge in [0.05, 0.1) is 5.69 Å². The Morgan fingerprint density at radius 1 is 0.964 bits per heavy atom. The van der Waals surface area contributed by atoms with Gasteiger partial charge in [0.15, 0.2) is 11.6 Å². The Balaban J connectivity index is 1.35. The smallest absolute Gasteiger partial charge is 0.227 e. The molecule has 2 atom stereocenters. The van der Waals surface area contributed by atoms with Crippen molar-refractivity contribution < 1.29 is 9.18 Å². The number of rotatable bonds is 4. The number of anilines is 1. The first kappa shape index (κ1) is 16.9. The summed E-state index contributed by atoms with van der Waals surface area (Å²) < 4.78 is 14.3. The van der Waals surface area contributed by atoms with Gasteiger partial charge in [-0.15, -0.1) is 0 Å². The van der Waals surface area contributed by atoms with Gasteiger partial charge in [-0.2, -0.15) is 0 Å². The number of hydrogen-bond donors (Lipinski definition) is 0. The van der Waals surface area contributed by atoms with E-state index < -0.39 is 0 Å². The first-order valence-electron chi connectivity index (χ1n) is 9.40. The molecule has 0 N–H and O–H groups in total. The van der Waals surface area contributed by atoms with Gasteiger partial charge in [0.25, 0.3) is 0 Å². The highest BCUT2D eigenvalue weighted by molar-refractivity contribution is 5.95. The largest absolute Gasteiger partial charge is 0.310 e. The summed E-state index contributed by atoms with van der Waals surface area (Å²) in [5.74, 6) is 1.25. The molecular formula is C21H18FN5O. The lowest BCUT2D eigenvalue weighted by molar-refractivity contribution is -0.117. The van der Waals surface area contributed by atoms with Crippen LogP contribution in [0.25, 0.3) is 11.6 Å². The van der Waals surface area contributed by atoms with Crippen LogP contribution in [0.1, 0.15) is 42.2 Å². The first-order chi connectivity index (χ1) is 13.7. The number of aromatic nitrogens is 4. The summed E-state index contributed by atoms with van der Waals surface area (Å²) in [5, 5.41) is 0. The minimum atomic E-state index is -0.341. The van der Waals surface area contributed by atoms with Gasteiger partial charge in [-0.1, -0.05) is 6.07 Å². The molecule has 3 aromatic rings. The molecule has 1 amide bonds. The minimum Gasteiger partial charge on any atom is -0.310 e. The third-order valence-electron chi connectivity index (χ3n) is 5.42. The van der Waals surface area contributed by atoms with Gasteiger partial charge in [0, 0.05) is 37.8 Å². The van der Waals surface area contributed by atoms with Crippen molar-refractivity contribution in [2.24, 2.45) is 0 Å². The Hall–Kier alpha value is -3.22. The summed E-state index contributed by atoms with van der Waals surface area (Å²) in [6.45, 7) is 0.587. The number of benzene rings is 1. The maximum absolute atomic E-state index is 14.3. The average molecular weight is 375 g/mol. The molecule has 2 aliphatic rings. The van der Waals surface area contributed by atoms with Crippen LogP contribution < -0.4 is 4.90 Å². The number of carbonyl (C=O) groups excluding carboxylic acids is 1. The predicted octanol–water partition coefficient (Wildman–Crippen LogP) is 3.47. The van der Waals surface area contributed by atoms with Crippen LogP contribution in [0, 0.1) is 5.82 Å². The molecule has 1 saturated carbocycles. The Kier molecular flexibility index (Phi) is 4.07. The molecule has 5 rings (SSSR count). The second-order valence-corrected chi connectivity index (χ2v) is 7.22. The van der Waals surface area contributed by atoms with E-state index >= 15 is 0 Å². The van der Waals surface area contributed by atoms with Crippen molar-refractivity contribution >= 4 is 11.6 Å². The molecular weight excluding hydrogens is 357 g/mol. The molecule has 1 aromatic carbocycles. The molecule has 140 valence electrons. The third-order valence-corrected chi connectivity index (χ3v) is 5.42. The standard InChI is InChI=1S/C21H18FN5O/c22-17-5-4-13(9-18(17)27-8-1-3-19(27)28)15-10-16(15)14-11-25-21(26-12-14)20-23-6-2-7-24-20/h2,4-7,9,11-12,15-16H,1,3,8,10H2/t15-,16-/m0/s1. The SMILES string of the molecule is O=C1CCCN1c1cc([C@@H]2C[C@H]2c2cnc(-c3ncccn3)nc2)ccc1F. The highest BCUT2D eigenvalue weighted by Gasteiger charge is 2.40. The Morgan fingerprint density at radius 3 is 2.39 bits per heavy atom. The van der Waals surface area contributed by atoms with Crippen LogP contribution in [0.4, 0.5) is 10.1 Å². The van der Waals surface area contributed by atoms with Crippen molar-refractivity contribution in [3.8, 4) is 11.6 Å². The topological polar surface area (TPSA) is 71.9 Å². The molecule has 2 aromatic heterocycles. The summed E-state index contributed by atoms with van der Waals surface area (Å²) in [5.41, 5.74) is 2.50. The quantitative estimate of drug-likeness (QED) is 0.698. The minimum absolute atomic E-state index is 0.00415. The number of hydrogen-bond acceptors (Lipinski definition) is 5. The molecule has 7 heteroatoms. The van der Waals surface area contributed by atoms with Crippen LogP contribution in [0.2, 0.25) is 0 Å². The van der Waals surface area contributed by atoms with E-state index in [4.69, 9.17) is 0 Å². The predicted molar refractivity (Wildman–Crippen MR) is 101 cm³/mol. The number of amides is 1. The Labute approximate surface area is 161 Å². The molecule has 1 aliphatic heterocycles. The summed E-state index contributed by atoms with van der Waals surface area (Å²) in [6, 6.07) is 6.87. The summed E-state index contributed by atoms with van der Waals surface area (Å²) in [6.07, 6.45) is 9.19. The normalized spacial score (nSPS) is 21.2. The lowest BCUT2D eigenvalue weighted by atomic mass is 10.1. The van der Waals surface area contributed by atoms with Crippen LogP contribution in [-0.4, -0.2) is 32.4 Å².